The van der Waals surface area contributed by atoms with Gasteiger partial charge in [0.05, 0.1) is 11.3 Å². The number of hydrogen-bond acceptors (Lipinski definition) is 3. The molecule has 0 aliphatic rings. The van der Waals surface area contributed by atoms with Crippen LogP contribution in [0.15, 0.2) is 22.9 Å². The molecule has 0 atom stereocenters. The van der Waals surface area contributed by atoms with Gasteiger partial charge in [-0.15, -0.1) is 0 Å². The highest BCUT2D eigenvalue weighted by molar-refractivity contribution is 5.79. The van der Waals surface area contributed by atoms with Crippen LogP contribution >= 0.6 is 0 Å². The van der Waals surface area contributed by atoms with Crippen LogP contribution in [0.2, 0.25) is 0 Å². The number of nitrogens with zero attached hydrogens (tertiary/aromatic N) is 2. The monoisotopic (exact) mass is 231 g/mol. The van der Waals surface area contributed by atoms with Crippen molar-refractivity contribution < 1.29 is 8.91 Å². The molecule has 3 heterocycles. The molecule has 0 saturated carbocycles. The normalized spacial score (nSPS) is 11.2. The second-order valence-electron chi connectivity index (χ2n) is 3.93. The SMILES string of the molecule is Cc1noc(C)c1-c1nc2[nH]ccc2cc1F. The number of fused-ring (bicyclic) bond motifs is 1. The largest absolute Gasteiger partial charge is 0.361 e. The van der Waals surface area contributed by atoms with Gasteiger partial charge in [0.1, 0.15) is 22.9 Å². The van der Waals surface area contributed by atoms with E-state index in [2.05, 4.69) is 15.1 Å². The van der Waals surface area contributed by atoms with Crippen molar-refractivity contribution >= 4 is 11.0 Å². The Bertz CT molecular complexity index is 679. The van der Waals surface area contributed by atoms with Crippen LogP contribution in [-0.4, -0.2) is 15.1 Å². The van der Waals surface area contributed by atoms with Crippen LogP contribution < -0.4 is 0 Å². The van der Waals surface area contributed by atoms with E-state index in [-0.39, 0.29) is 11.5 Å². The fourth-order valence-corrected chi connectivity index (χ4v) is 1.95. The molecule has 5 heteroatoms. The van der Waals surface area contributed by atoms with Crippen molar-refractivity contribution in [3.05, 3.63) is 35.6 Å². The van der Waals surface area contributed by atoms with Gasteiger partial charge >= 0.3 is 0 Å². The average molecular weight is 231 g/mol. The van der Waals surface area contributed by atoms with E-state index >= 15 is 0 Å². The molecule has 0 aliphatic carbocycles. The molecule has 3 aromatic heterocycles. The summed E-state index contributed by atoms with van der Waals surface area (Å²) < 4.78 is 19.0. The zero-order valence-corrected chi connectivity index (χ0v) is 9.41. The Hall–Kier alpha value is -2.17. The van der Waals surface area contributed by atoms with Gasteiger partial charge in [-0.3, -0.25) is 0 Å². The van der Waals surface area contributed by atoms with Crippen molar-refractivity contribution in [2.24, 2.45) is 0 Å². The van der Waals surface area contributed by atoms with E-state index in [9.17, 15) is 4.39 Å². The molecule has 0 spiro atoms. The van der Waals surface area contributed by atoms with E-state index in [4.69, 9.17) is 4.52 Å². The third kappa shape index (κ3) is 1.43. The molecule has 0 aliphatic heterocycles. The Morgan fingerprint density at radius 2 is 2.18 bits per heavy atom. The summed E-state index contributed by atoms with van der Waals surface area (Å²) in [6.07, 6.45) is 1.73. The summed E-state index contributed by atoms with van der Waals surface area (Å²) in [5, 5.41) is 4.56. The zero-order valence-electron chi connectivity index (χ0n) is 9.41. The van der Waals surface area contributed by atoms with Crippen LogP contribution in [0.3, 0.4) is 0 Å². The number of aromatic amines is 1. The Labute approximate surface area is 96.5 Å². The number of rotatable bonds is 1. The first-order valence-corrected chi connectivity index (χ1v) is 5.23. The van der Waals surface area contributed by atoms with Crippen molar-refractivity contribution in [3.8, 4) is 11.3 Å². The maximum Gasteiger partial charge on any atom is 0.150 e. The zero-order chi connectivity index (χ0) is 12.0. The molecule has 0 bridgehead atoms. The van der Waals surface area contributed by atoms with E-state index in [1.807, 2.05) is 0 Å². The highest BCUT2D eigenvalue weighted by Crippen LogP contribution is 2.29. The summed E-state index contributed by atoms with van der Waals surface area (Å²) in [6.45, 7) is 3.52. The third-order valence-corrected chi connectivity index (χ3v) is 2.76. The van der Waals surface area contributed by atoms with Crippen LogP contribution in [0.25, 0.3) is 22.3 Å². The van der Waals surface area contributed by atoms with E-state index in [0.717, 1.165) is 5.39 Å². The molecule has 1 N–H and O–H groups in total. The standard InChI is InChI=1S/C12H10FN3O/c1-6-10(7(2)17-16-6)11-9(13)5-8-3-4-14-12(8)15-11/h3-5H,1-2H3,(H,14,15). The molecule has 17 heavy (non-hydrogen) atoms. The van der Waals surface area contributed by atoms with Crippen molar-refractivity contribution in [3.63, 3.8) is 0 Å². The van der Waals surface area contributed by atoms with Crippen molar-refractivity contribution in [2.45, 2.75) is 13.8 Å². The number of nitrogens with one attached hydrogen (secondary N) is 1. The van der Waals surface area contributed by atoms with Crippen molar-refractivity contribution in [2.75, 3.05) is 0 Å². The lowest BCUT2D eigenvalue weighted by Crippen LogP contribution is -1.92. The first-order valence-electron chi connectivity index (χ1n) is 5.23. The molecule has 86 valence electrons. The molecular weight excluding hydrogens is 221 g/mol. The van der Waals surface area contributed by atoms with Crippen LogP contribution in [0, 0.1) is 19.7 Å². The quantitative estimate of drug-likeness (QED) is 0.700. The molecule has 0 amide bonds. The molecule has 3 aromatic rings. The maximum absolute atomic E-state index is 14.0. The summed E-state index contributed by atoms with van der Waals surface area (Å²) in [5.41, 5.74) is 2.19. The van der Waals surface area contributed by atoms with Crippen LogP contribution in [0.4, 0.5) is 4.39 Å². The third-order valence-electron chi connectivity index (χ3n) is 2.76. The minimum absolute atomic E-state index is 0.274. The van der Waals surface area contributed by atoms with Gasteiger partial charge < -0.3 is 9.51 Å². The molecule has 0 aromatic carbocycles. The number of aryl methyl sites for hydroxylation is 2. The summed E-state index contributed by atoms with van der Waals surface area (Å²) in [5.74, 6) is 0.200. The summed E-state index contributed by atoms with van der Waals surface area (Å²) in [7, 11) is 0. The fraction of sp³-hybridized carbons (Fsp3) is 0.167. The lowest BCUT2D eigenvalue weighted by Gasteiger charge is -2.01. The molecule has 0 saturated heterocycles. The number of hydrogen-bond donors (Lipinski definition) is 1. The van der Waals surface area contributed by atoms with Gasteiger partial charge in [-0.1, -0.05) is 5.16 Å². The van der Waals surface area contributed by atoms with Gasteiger partial charge in [0.15, 0.2) is 0 Å². The first kappa shape index (κ1) is 10.0. The van der Waals surface area contributed by atoms with E-state index in [1.165, 1.54) is 6.07 Å². The summed E-state index contributed by atoms with van der Waals surface area (Å²) >= 11 is 0. The van der Waals surface area contributed by atoms with E-state index in [1.54, 1.807) is 26.1 Å². The predicted octanol–water partition coefficient (Wildman–Crippen LogP) is 2.97. The number of H-pyrrole nitrogens is 1. The predicted molar refractivity (Wildman–Crippen MR) is 61.0 cm³/mol. The Morgan fingerprint density at radius 3 is 2.88 bits per heavy atom. The highest BCUT2D eigenvalue weighted by atomic mass is 19.1. The topological polar surface area (TPSA) is 54.7 Å². The van der Waals surface area contributed by atoms with Crippen LogP contribution in [-0.2, 0) is 0 Å². The van der Waals surface area contributed by atoms with Crippen LogP contribution in [0.1, 0.15) is 11.5 Å². The molecule has 0 radical (unpaired) electrons. The van der Waals surface area contributed by atoms with E-state index < -0.39 is 0 Å². The minimum atomic E-state index is -0.369. The van der Waals surface area contributed by atoms with Gasteiger partial charge in [-0.05, 0) is 26.0 Å². The number of pyridine rings is 1. The summed E-state index contributed by atoms with van der Waals surface area (Å²) in [6, 6.07) is 3.24. The van der Waals surface area contributed by atoms with Gasteiger partial charge in [-0.2, -0.15) is 0 Å². The molecule has 3 rings (SSSR count). The second-order valence-corrected chi connectivity index (χ2v) is 3.93. The van der Waals surface area contributed by atoms with Gasteiger partial charge in [0.25, 0.3) is 0 Å². The first-order chi connectivity index (χ1) is 8.16. The summed E-state index contributed by atoms with van der Waals surface area (Å²) in [4.78, 5) is 7.23. The number of halogens is 1. The Balaban J connectivity index is 2.33. The van der Waals surface area contributed by atoms with Gasteiger partial charge in [0, 0.05) is 11.6 Å². The fourth-order valence-electron chi connectivity index (χ4n) is 1.95. The lowest BCUT2D eigenvalue weighted by atomic mass is 10.1. The second kappa shape index (κ2) is 3.41. The smallest absolute Gasteiger partial charge is 0.150 e. The van der Waals surface area contributed by atoms with Crippen LogP contribution in [0.5, 0.6) is 0 Å². The van der Waals surface area contributed by atoms with Crippen molar-refractivity contribution in [1.82, 2.24) is 15.1 Å². The van der Waals surface area contributed by atoms with Gasteiger partial charge in [0.2, 0.25) is 0 Å². The Morgan fingerprint density at radius 1 is 1.35 bits per heavy atom. The van der Waals surface area contributed by atoms with Crippen molar-refractivity contribution in [1.29, 1.82) is 0 Å². The molecular formula is C12H10FN3O. The maximum atomic E-state index is 14.0. The minimum Gasteiger partial charge on any atom is -0.361 e. The highest BCUT2D eigenvalue weighted by Gasteiger charge is 2.18. The van der Waals surface area contributed by atoms with E-state index in [0.29, 0.717) is 22.7 Å². The molecule has 0 fully saturated rings. The van der Waals surface area contributed by atoms with Gasteiger partial charge in [-0.25, -0.2) is 9.37 Å². The Kier molecular flexibility index (Phi) is 2.01. The lowest BCUT2D eigenvalue weighted by molar-refractivity contribution is 0.393. The average Bonchev–Trinajstić information content (AvgIpc) is 2.85. The molecule has 4 nitrogen and oxygen atoms in total. The molecule has 0 unspecified atom stereocenters. The number of aromatic nitrogens is 3.